The minimum absolute atomic E-state index is 0.0176. The van der Waals surface area contributed by atoms with Gasteiger partial charge >= 0.3 is 0 Å². The van der Waals surface area contributed by atoms with Crippen molar-refractivity contribution in [2.75, 3.05) is 11.9 Å². The topological polar surface area (TPSA) is 99.2 Å². The Bertz CT molecular complexity index is 1140. The third kappa shape index (κ3) is 5.21. The van der Waals surface area contributed by atoms with Crippen molar-refractivity contribution in [2.45, 2.75) is 69.0 Å². The number of amides is 1. The summed E-state index contributed by atoms with van der Waals surface area (Å²) in [4.78, 5) is 31.2. The highest BCUT2D eigenvalue weighted by Gasteiger charge is 2.26. The van der Waals surface area contributed by atoms with Gasteiger partial charge in [0, 0.05) is 12.7 Å². The van der Waals surface area contributed by atoms with E-state index in [9.17, 15) is 9.59 Å². The molecule has 1 saturated heterocycles. The molecule has 0 aliphatic carbocycles. The van der Waals surface area contributed by atoms with E-state index >= 15 is 0 Å². The van der Waals surface area contributed by atoms with E-state index in [1.165, 1.54) is 11.8 Å². The summed E-state index contributed by atoms with van der Waals surface area (Å²) in [6.07, 6.45) is 4.38. The fourth-order valence-corrected chi connectivity index (χ4v) is 4.92. The standard InChI is InChI=1S/C23H28N4O4S/c1-3-4-11-19(21(28)25-20-13-15(2)31-26-20)32-23-24-18-10-6-5-9-17(18)22(29)27(23)14-16-8-7-12-30-16/h5-6,9-10,13,16,19H,3-4,7-8,11-12,14H2,1-2H3,(H,25,26,28)/t16-,19+/m1/s1. The van der Waals surface area contributed by atoms with Crippen molar-refractivity contribution in [3.63, 3.8) is 0 Å². The van der Waals surface area contributed by atoms with Crippen LogP contribution in [0.25, 0.3) is 10.9 Å². The predicted octanol–water partition coefficient (Wildman–Crippen LogP) is 4.16. The molecule has 2 atom stereocenters. The Labute approximate surface area is 190 Å². The van der Waals surface area contributed by atoms with Gasteiger partial charge in [-0.2, -0.15) is 0 Å². The number of benzene rings is 1. The van der Waals surface area contributed by atoms with Crippen LogP contribution in [0.15, 0.2) is 44.8 Å². The summed E-state index contributed by atoms with van der Waals surface area (Å²) in [6, 6.07) is 9.00. The number of ether oxygens (including phenoxy) is 1. The number of aryl methyl sites for hydroxylation is 1. The SMILES string of the molecule is CCCC[C@H](Sc1nc2ccccc2c(=O)n1C[C@H]1CCCO1)C(=O)Nc1cc(C)on1. The first-order chi connectivity index (χ1) is 15.5. The minimum atomic E-state index is -0.421. The van der Waals surface area contributed by atoms with Gasteiger partial charge in [0.1, 0.15) is 5.76 Å². The van der Waals surface area contributed by atoms with Crippen LogP contribution in [0.4, 0.5) is 5.82 Å². The van der Waals surface area contributed by atoms with Gasteiger partial charge in [-0.3, -0.25) is 14.2 Å². The number of rotatable bonds is 9. The molecule has 170 valence electrons. The zero-order valence-electron chi connectivity index (χ0n) is 18.4. The Kier molecular flexibility index (Phi) is 7.26. The minimum Gasteiger partial charge on any atom is -0.376 e. The fraction of sp³-hybridized carbons (Fsp3) is 0.478. The highest BCUT2D eigenvalue weighted by Crippen LogP contribution is 2.28. The number of aromatic nitrogens is 3. The van der Waals surface area contributed by atoms with Crippen LogP contribution in [-0.4, -0.2) is 38.6 Å². The van der Waals surface area contributed by atoms with Crippen LogP contribution in [-0.2, 0) is 16.1 Å². The van der Waals surface area contributed by atoms with Crippen molar-refractivity contribution in [1.82, 2.24) is 14.7 Å². The summed E-state index contributed by atoms with van der Waals surface area (Å²) in [5.74, 6) is 0.834. The monoisotopic (exact) mass is 456 g/mol. The zero-order chi connectivity index (χ0) is 22.5. The molecule has 4 rings (SSSR count). The second-order valence-electron chi connectivity index (χ2n) is 8.02. The molecule has 32 heavy (non-hydrogen) atoms. The number of unbranched alkanes of at least 4 members (excludes halogenated alkanes) is 1. The van der Waals surface area contributed by atoms with E-state index in [1.807, 2.05) is 18.2 Å². The highest BCUT2D eigenvalue weighted by molar-refractivity contribution is 8.00. The van der Waals surface area contributed by atoms with Crippen LogP contribution >= 0.6 is 11.8 Å². The number of thioether (sulfide) groups is 1. The van der Waals surface area contributed by atoms with Gasteiger partial charge in [0.05, 0.1) is 28.8 Å². The lowest BCUT2D eigenvalue weighted by Crippen LogP contribution is -2.31. The Hall–Kier alpha value is -2.65. The summed E-state index contributed by atoms with van der Waals surface area (Å²) < 4.78 is 12.5. The molecule has 1 aliphatic rings. The molecular weight excluding hydrogens is 428 g/mol. The van der Waals surface area contributed by atoms with Crippen LogP contribution in [0.1, 0.15) is 44.8 Å². The van der Waals surface area contributed by atoms with Gasteiger partial charge in [0.2, 0.25) is 5.91 Å². The molecule has 0 radical (unpaired) electrons. The number of anilines is 1. The first-order valence-corrected chi connectivity index (χ1v) is 11.9. The molecule has 8 nitrogen and oxygen atoms in total. The average molecular weight is 457 g/mol. The molecule has 0 spiro atoms. The Balaban J connectivity index is 1.66. The van der Waals surface area contributed by atoms with E-state index in [0.29, 0.717) is 47.2 Å². The normalized spacial score (nSPS) is 17.0. The van der Waals surface area contributed by atoms with Crippen molar-refractivity contribution >= 4 is 34.4 Å². The van der Waals surface area contributed by atoms with E-state index in [4.69, 9.17) is 14.2 Å². The number of hydrogen-bond donors (Lipinski definition) is 1. The number of nitrogens with zero attached hydrogens (tertiary/aromatic N) is 3. The van der Waals surface area contributed by atoms with Crippen molar-refractivity contribution in [3.8, 4) is 0 Å². The number of nitrogens with one attached hydrogen (secondary N) is 1. The molecule has 0 bridgehead atoms. The molecule has 2 aromatic heterocycles. The number of para-hydroxylation sites is 1. The predicted molar refractivity (Wildman–Crippen MR) is 124 cm³/mol. The van der Waals surface area contributed by atoms with Gasteiger partial charge in [-0.1, -0.05) is 48.8 Å². The maximum atomic E-state index is 13.3. The maximum absolute atomic E-state index is 13.3. The Morgan fingerprint density at radius 2 is 2.22 bits per heavy atom. The third-order valence-corrected chi connectivity index (χ3v) is 6.73. The second-order valence-corrected chi connectivity index (χ2v) is 9.19. The van der Waals surface area contributed by atoms with Gasteiger partial charge in [-0.25, -0.2) is 4.98 Å². The van der Waals surface area contributed by atoms with Crippen molar-refractivity contribution < 1.29 is 14.1 Å². The Morgan fingerprint density at radius 3 is 2.94 bits per heavy atom. The first-order valence-electron chi connectivity index (χ1n) is 11.1. The molecule has 0 unspecified atom stereocenters. The average Bonchev–Trinajstić information content (AvgIpc) is 3.45. The third-order valence-electron chi connectivity index (χ3n) is 5.48. The first kappa shape index (κ1) is 22.5. The van der Waals surface area contributed by atoms with E-state index in [0.717, 1.165) is 25.7 Å². The fourth-order valence-electron chi connectivity index (χ4n) is 3.78. The van der Waals surface area contributed by atoms with Crippen LogP contribution in [0.3, 0.4) is 0 Å². The number of fused-ring (bicyclic) bond motifs is 1. The van der Waals surface area contributed by atoms with Crippen LogP contribution in [0, 0.1) is 6.92 Å². The van der Waals surface area contributed by atoms with Crippen LogP contribution in [0.2, 0.25) is 0 Å². The molecule has 3 heterocycles. The lowest BCUT2D eigenvalue weighted by atomic mass is 10.2. The van der Waals surface area contributed by atoms with Gasteiger partial charge in [0.15, 0.2) is 11.0 Å². The van der Waals surface area contributed by atoms with Crippen LogP contribution < -0.4 is 10.9 Å². The lowest BCUT2D eigenvalue weighted by molar-refractivity contribution is -0.115. The van der Waals surface area contributed by atoms with E-state index < -0.39 is 5.25 Å². The van der Waals surface area contributed by atoms with Crippen molar-refractivity contribution in [2.24, 2.45) is 0 Å². The molecule has 1 fully saturated rings. The summed E-state index contributed by atoms with van der Waals surface area (Å²) in [7, 11) is 0. The lowest BCUT2D eigenvalue weighted by Gasteiger charge is -2.20. The highest BCUT2D eigenvalue weighted by atomic mass is 32.2. The number of carbonyl (C=O) groups is 1. The number of hydrogen-bond acceptors (Lipinski definition) is 7. The molecule has 1 aliphatic heterocycles. The van der Waals surface area contributed by atoms with Crippen molar-refractivity contribution in [1.29, 1.82) is 0 Å². The zero-order valence-corrected chi connectivity index (χ0v) is 19.2. The van der Waals surface area contributed by atoms with Crippen LogP contribution in [0.5, 0.6) is 0 Å². The summed E-state index contributed by atoms with van der Waals surface area (Å²) in [6.45, 7) is 5.00. The second kappa shape index (κ2) is 10.3. The molecular formula is C23H28N4O4S. The summed E-state index contributed by atoms with van der Waals surface area (Å²) in [5.41, 5.74) is 0.528. The quantitative estimate of drug-likeness (QED) is 0.381. The molecule has 1 N–H and O–H groups in total. The van der Waals surface area contributed by atoms with Gasteiger partial charge in [-0.15, -0.1) is 0 Å². The molecule has 9 heteroatoms. The number of carbonyl (C=O) groups excluding carboxylic acids is 1. The smallest absolute Gasteiger partial charge is 0.262 e. The molecule has 0 saturated carbocycles. The van der Waals surface area contributed by atoms with E-state index in [1.54, 1.807) is 23.6 Å². The molecule has 1 amide bonds. The Morgan fingerprint density at radius 1 is 1.38 bits per heavy atom. The molecule has 1 aromatic carbocycles. The maximum Gasteiger partial charge on any atom is 0.262 e. The van der Waals surface area contributed by atoms with Gasteiger partial charge in [0.25, 0.3) is 5.56 Å². The van der Waals surface area contributed by atoms with Crippen molar-refractivity contribution in [3.05, 3.63) is 46.4 Å². The van der Waals surface area contributed by atoms with E-state index in [2.05, 4.69) is 17.4 Å². The van der Waals surface area contributed by atoms with E-state index in [-0.39, 0.29) is 17.6 Å². The molecule has 3 aromatic rings. The van der Waals surface area contributed by atoms with Gasteiger partial charge < -0.3 is 14.6 Å². The summed E-state index contributed by atoms with van der Waals surface area (Å²) >= 11 is 1.33. The summed E-state index contributed by atoms with van der Waals surface area (Å²) in [5, 5.41) is 7.38. The largest absolute Gasteiger partial charge is 0.376 e. The van der Waals surface area contributed by atoms with Gasteiger partial charge in [-0.05, 0) is 38.3 Å².